The Hall–Kier alpha value is -5.74. The number of hydrogen-bond donors (Lipinski definition) is 0. The van der Waals surface area contributed by atoms with Crippen molar-refractivity contribution in [2.45, 2.75) is 21.6 Å². The van der Waals surface area contributed by atoms with Crippen LogP contribution in [-0.4, -0.2) is 5.71 Å². The van der Waals surface area contributed by atoms with Gasteiger partial charge in [-0.05, 0) is 92.9 Å². The highest BCUT2D eigenvalue weighted by Gasteiger charge is 2.50. The van der Waals surface area contributed by atoms with Crippen molar-refractivity contribution in [1.82, 2.24) is 0 Å². The summed E-state index contributed by atoms with van der Waals surface area (Å²) in [4.78, 5) is 8.01. The molecule has 1 aliphatic carbocycles. The first-order valence-corrected chi connectivity index (χ1v) is 19.5. The third kappa shape index (κ3) is 4.40. The lowest BCUT2D eigenvalue weighted by Crippen LogP contribution is -2.31. The van der Waals surface area contributed by atoms with Gasteiger partial charge in [-0.15, -0.1) is 11.3 Å². The highest BCUT2D eigenvalue weighted by molar-refractivity contribution is 7.99. The van der Waals surface area contributed by atoms with Gasteiger partial charge in [0.25, 0.3) is 0 Å². The van der Waals surface area contributed by atoms with Crippen molar-refractivity contribution in [2.24, 2.45) is 4.99 Å². The Morgan fingerprint density at radius 2 is 1.12 bits per heavy atom. The smallest absolute Gasteiger partial charge is 0.0735 e. The number of thiophene rings is 1. The van der Waals surface area contributed by atoms with E-state index in [1.54, 1.807) is 0 Å². The molecule has 11 rings (SSSR count). The van der Waals surface area contributed by atoms with Crippen LogP contribution in [0.15, 0.2) is 191 Å². The Morgan fingerprint density at radius 3 is 1.87 bits per heavy atom. The van der Waals surface area contributed by atoms with Crippen molar-refractivity contribution in [2.75, 3.05) is 0 Å². The van der Waals surface area contributed by atoms with Gasteiger partial charge in [-0.25, -0.2) is 4.99 Å². The van der Waals surface area contributed by atoms with Crippen LogP contribution in [0, 0.1) is 0 Å². The maximum Gasteiger partial charge on any atom is 0.0735 e. The number of allylic oxidation sites excluding steroid dienone is 3. The first-order valence-electron chi connectivity index (χ1n) is 17.8. The molecule has 244 valence electrons. The highest BCUT2D eigenvalue weighted by atomic mass is 32.2. The summed E-state index contributed by atoms with van der Waals surface area (Å²) < 4.78 is 2.62. The van der Waals surface area contributed by atoms with Gasteiger partial charge < -0.3 is 0 Å². The second kappa shape index (κ2) is 11.6. The Morgan fingerprint density at radius 1 is 0.481 bits per heavy atom. The van der Waals surface area contributed by atoms with E-state index in [0.717, 1.165) is 29.0 Å². The van der Waals surface area contributed by atoms with E-state index in [1.807, 2.05) is 23.1 Å². The van der Waals surface area contributed by atoms with Crippen molar-refractivity contribution < 1.29 is 0 Å². The molecule has 0 amide bonds. The zero-order valence-electron chi connectivity index (χ0n) is 28.2. The summed E-state index contributed by atoms with van der Waals surface area (Å²) in [5.74, 6) is 0. The molecule has 0 fully saturated rings. The van der Waals surface area contributed by atoms with E-state index >= 15 is 0 Å². The minimum atomic E-state index is -0.367. The monoisotopic (exact) mass is 697 g/mol. The summed E-state index contributed by atoms with van der Waals surface area (Å²) >= 11 is 3.81. The van der Waals surface area contributed by atoms with Crippen LogP contribution in [0.4, 0.5) is 0 Å². The first-order chi connectivity index (χ1) is 25.8. The Kier molecular flexibility index (Phi) is 6.70. The van der Waals surface area contributed by atoms with E-state index in [2.05, 4.69) is 176 Å². The molecular weight excluding hydrogens is 667 g/mol. The van der Waals surface area contributed by atoms with Crippen LogP contribution in [-0.2, 0) is 5.41 Å². The second-order valence-corrected chi connectivity index (χ2v) is 16.0. The number of nitrogens with zero attached hydrogens (tertiary/aromatic N) is 1. The quantitative estimate of drug-likeness (QED) is 0.179. The number of benzene rings is 7. The van der Waals surface area contributed by atoms with E-state index < -0.39 is 0 Å². The largest absolute Gasteiger partial charge is 0.248 e. The summed E-state index contributed by atoms with van der Waals surface area (Å²) in [6, 6.07) is 60.4. The second-order valence-electron chi connectivity index (χ2n) is 13.8. The average molecular weight is 698 g/mol. The molecule has 3 heterocycles. The lowest BCUT2D eigenvalue weighted by atomic mass is 9.67. The van der Waals surface area contributed by atoms with E-state index in [9.17, 15) is 0 Å². The third-order valence-corrected chi connectivity index (χ3v) is 13.3. The molecule has 2 aliphatic heterocycles. The van der Waals surface area contributed by atoms with Crippen molar-refractivity contribution in [3.63, 3.8) is 0 Å². The van der Waals surface area contributed by atoms with E-state index in [-0.39, 0.29) is 5.41 Å². The molecule has 0 saturated heterocycles. The van der Waals surface area contributed by atoms with Gasteiger partial charge in [0, 0.05) is 35.5 Å². The molecule has 7 aromatic carbocycles. The zero-order valence-corrected chi connectivity index (χ0v) is 29.8. The third-order valence-electron chi connectivity index (χ3n) is 11.0. The Bertz CT molecular complexity index is 2790. The van der Waals surface area contributed by atoms with Crippen LogP contribution >= 0.6 is 23.1 Å². The summed E-state index contributed by atoms with van der Waals surface area (Å²) in [7, 11) is 0. The minimum absolute atomic E-state index is 0.367. The van der Waals surface area contributed by atoms with E-state index in [0.29, 0.717) is 0 Å². The van der Waals surface area contributed by atoms with Crippen molar-refractivity contribution in [3.8, 4) is 11.1 Å². The molecule has 0 unspecified atom stereocenters. The fourth-order valence-electron chi connectivity index (χ4n) is 8.71. The van der Waals surface area contributed by atoms with Crippen LogP contribution in [0.25, 0.3) is 42.6 Å². The molecule has 52 heavy (non-hydrogen) atoms. The van der Waals surface area contributed by atoms with Gasteiger partial charge in [0.15, 0.2) is 0 Å². The number of hydrogen-bond acceptors (Lipinski definition) is 3. The SMILES string of the molecule is C1=C(c2ccccc2)CC=C(c2ccccc2)N=C1c1ccc2sc3cc4c(cc3c2c1)Sc1ccccc1C41c2ccccc2-c2ccccc21. The first kappa shape index (κ1) is 29.9. The number of aliphatic imine (C=N–C) groups is 1. The van der Waals surface area contributed by atoms with Crippen molar-refractivity contribution in [3.05, 3.63) is 215 Å². The molecule has 1 aromatic heterocycles. The molecule has 3 heteroatoms. The maximum absolute atomic E-state index is 5.35. The topological polar surface area (TPSA) is 12.4 Å². The van der Waals surface area contributed by atoms with E-state index in [1.165, 1.54) is 74.5 Å². The molecule has 1 spiro atoms. The van der Waals surface area contributed by atoms with Gasteiger partial charge in [-0.1, -0.05) is 151 Å². The lowest BCUT2D eigenvalue weighted by Gasteiger charge is -2.39. The van der Waals surface area contributed by atoms with Crippen LogP contribution in [0.5, 0.6) is 0 Å². The Balaban J connectivity index is 1.12. The fourth-order valence-corrected chi connectivity index (χ4v) is 11.0. The number of fused-ring (bicyclic) bond motifs is 12. The highest BCUT2D eigenvalue weighted by Crippen LogP contribution is 2.62. The molecule has 3 aliphatic rings. The maximum atomic E-state index is 5.35. The average Bonchev–Trinajstić information content (AvgIpc) is 3.60. The summed E-state index contributed by atoms with van der Waals surface area (Å²) in [6.45, 7) is 0. The van der Waals surface area contributed by atoms with Crippen LogP contribution < -0.4 is 0 Å². The van der Waals surface area contributed by atoms with Crippen LogP contribution in [0.3, 0.4) is 0 Å². The predicted molar refractivity (Wildman–Crippen MR) is 221 cm³/mol. The van der Waals surface area contributed by atoms with Crippen molar-refractivity contribution >= 4 is 60.3 Å². The van der Waals surface area contributed by atoms with Gasteiger partial charge in [-0.2, -0.15) is 0 Å². The number of rotatable bonds is 3. The lowest BCUT2D eigenvalue weighted by molar-refractivity contribution is 0.724. The molecule has 0 saturated carbocycles. The standard InChI is InChI=1S/C49H31NS2/c1-3-13-31(14-4-1)33-23-25-43(32-15-5-2-6-16-32)50-44(28-33)34-24-26-45-37(27-34)38-29-48-42(30-47(38)51-45)49(41-21-11-12-22-46(41)52-48)39-19-9-7-17-35(39)36-18-8-10-20-40(36)49/h1-22,24-30H,23H2. The molecular formula is C49H31NS2. The molecule has 0 atom stereocenters. The van der Waals surface area contributed by atoms with Gasteiger partial charge in [0.1, 0.15) is 0 Å². The van der Waals surface area contributed by atoms with Gasteiger partial charge >= 0.3 is 0 Å². The van der Waals surface area contributed by atoms with Crippen LogP contribution in [0.2, 0.25) is 0 Å². The molecule has 0 bridgehead atoms. The molecule has 8 aromatic rings. The molecule has 1 nitrogen and oxygen atoms in total. The predicted octanol–water partition coefficient (Wildman–Crippen LogP) is 13.2. The van der Waals surface area contributed by atoms with Crippen LogP contribution in [0.1, 0.15) is 45.4 Å². The zero-order chi connectivity index (χ0) is 34.2. The summed E-state index contributed by atoms with van der Waals surface area (Å²) in [6.07, 6.45) is 5.39. The fraction of sp³-hybridized carbons (Fsp3) is 0.0408. The molecule has 0 N–H and O–H groups in total. The van der Waals surface area contributed by atoms with Gasteiger partial charge in [-0.3, -0.25) is 0 Å². The summed E-state index contributed by atoms with van der Waals surface area (Å²) in [5, 5.41) is 2.59. The summed E-state index contributed by atoms with van der Waals surface area (Å²) in [5.41, 5.74) is 14.6. The molecule has 0 radical (unpaired) electrons. The normalized spacial score (nSPS) is 15.3. The van der Waals surface area contributed by atoms with Gasteiger partial charge in [0.2, 0.25) is 0 Å². The van der Waals surface area contributed by atoms with Crippen molar-refractivity contribution in [1.29, 1.82) is 0 Å². The minimum Gasteiger partial charge on any atom is -0.248 e. The van der Waals surface area contributed by atoms with E-state index in [4.69, 9.17) is 4.99 Å². The Labute approximate surface area is 311 Å². The van der Waals surface area contributed by atoms with Gasteiger partial charge in [0.05, 0.1) is 16.8 Å².